The van der Waals surface area contributed by atoms with Crippen LogP contribution in [-0.2, 0) is 11.3 Å². The summed E-state index contributed by atoms with van der Waals surface area (Å²) >= 11 is 6.30. The summed E-state index contributed by atoms with van der Waals surface area (Å²) < 4.78 is 3.61. The fraction of sp³-hybridized carbons (Fsp3) is 0.105. The topological polar surface area (TPSA) is 64.7 Å². The van der Waals surface area contributed by atoms with Gasteiger partial charge in [-0.3, -0.25) is 4.79 Å². The first-order chi connectivity index (χ1) is 12.7. The first-order valence-electron chi connectivity index (χ1n) is 8.20. The number of anilines is 1. The fourth-order valence-corrected chi connectivity index (χ4v) is 3.13. The van der Waals surface area contributed by atoms with E-state index in [0.717, 1.165) is 11.0 Å². The molecule has 0 saturated heterocycles. The Morgan fingerprint density at radius 3 is 2.85 bits per heavy atom. The molecule has 1 amide bonds. The molecule has 2 aromatic heterocycles. The van der Waals surface area contributed by atoms with Crippen molar-refractivity contribution < 1.29 is 4.79 Å². The van der Waals surface area contributed by atoms with Crippen molar-refractivity contribution in [3.63, 3.8) is 0 Å². The summed E-state index contributed by atoms with van der Waals surface area (Å²) in [6, 6.07) is 15.0. The van der Waals surface area contributed by atoms with Crippen LogP contribution in [0.3, 0.4) is 0 Å². The third-order valence-electron chi connectivity index (χ3n) is 4.10. The number of amides is 1. The van der Waals surface area contributed by atoms with E-state index in [-0.39, 0.29) is 5.91 Å². The van der Waals surface area contributed by atoms with E-state index in [1.807, 2.05) is 34.9 Å². The normalized spacial score (nSPS) is 11.0. The van der Waals surface area contributed by atoms with E-state index in [4.69, 9.17) is 11.6 Å². The Morgan fingerprint density at radius 2 is 2.00 bits per heavy atom. The van der Waals surface area contributed by atoms with E-state index >= 15 is 0 Å². The highest BCUT2D eigenvalue weighted by Crippen LogP contribution is 2.28. The third-order valence-corrected chi connectivity index (χ3v) is 4.41. The molecule has 0 bridgehead atoms. The summed E-state index contributed by atoms with van der Waals surface area (Å²) in [5, 5.41) is 7.66. The van der Waals surface area contributed by atoms with Gasteiger partial charge in [0.05, 0.1) is 28.1 Å². The largest absolute Gasteiger partial charge is 0.330 e. The SMILES string of the molecule is O=C(CCn1cnc2ccccc21)Nc1cccc(Cl)c1-n1cccn1. The van der Waals surface area contributed by atoms with Crippen molar-refractivity contribution in [1.29, 1.82) is 0 Å². The lowest BCUT2D eigenvalue weighted by Gasteiger charge is -2.13. The zero-order chi connectivity index (χ0) is 17.9. The van der Waals surface area contributed by atoms with Crippen molar-refractivity contribution in [2.45, 2.75) is 13.0 Å². The molecule has 0 fully saturated rings. The highest BCUT2D eigenvalue weighted by Gasteiger charge is 2.12. The number of imidazole rings is 1. The maximum Gasteiger partial charge on any atom is 0.226 e. The Labute approximate surface area is 155 Å². The number of aromatic nitrogens is 4. The number of rotatable bonds is 5. The van der Waals surface area contributed by atoms with Crippen LogP contribution in [0.25, 0.3) is 16.7 Å². The van der Waals surface area contributed by atoms with Crippen LogP contribution in [0, 0.1) is 0 Å². The van der Waals surface area contributed by atoms with Crippen LogP contribution in [0.5, 0.6) is 0 Å². The number of halogens is 1. The smallest absolute Gasteiger partial charge is 0.226 e. The predicted octanol–water partition coefficient (Wildman–Crippen LogP) is 3.90. The number of nitrogens with zero attached hydrogens (tertiary/aromatic N) is 4. The van der Waals surface area contributed by atoms with Crippen LogP contribution in [0.2, 0.25) is 5.02 Å². The minimum Gasteiger partial charge on any atom is -0.330 e. The van der Waals surface area contributed by atoms with Gasteiger partial charge in [-0.25, -0.2) is 9.67 Å². The van der Waals surface area contributed by atoms with E-state index in [1.54, 1.807) is 41.6 Å². The number of carbonyl (C=O) groups excluding carboxylic acids is 1. The van der Waals surface area contributed by atoms with Gasteiger partial charge in [-0.15, -0.1) is 0 Å². The van der Waals surface area contributed by atoms with Crippen molar-refractivity contribution in [3.05, 3.63) is 72.3 Å². The van der Waals surface area contributed by atoms with Crippen molar-refractivity contribution >= 4 is 34.2 Å². The number of carbonyl (C=O) groups is 1. The van der Waals surface area contributed by atoms with E-state index in [1.165, 1.54) is 0 Å². The van der Waals surface area contributed by atoms with Gasteiger partial charge in [-0.05, 0) is 30.3 Å². The van der Waals surface area contributed by atoms with Crippen LogP contribution in [0.15, 0.2) is 67.3 Å². The molecular formula is C19H16ClN5O. The molecule has 26 heavy (non-hydrogen) atoms. The second-order valence-electron chi connectivity index (χ2n) is 5.81. The third kappa shape index (κ3) is 3.19. The van der Waals surface area contributed by atoms with Gasteiger partial charge in [0.1, 0.15) is 5.69 Å². The van der Waals surface area contributed by atoms with Crippen molar-refractivity contribution in [3.8, 4) is 5.69 Å². The highest BCUT2D eigenvalue weighted by molar-refractivity contribution is 6.33. The molecule has 2 aromatic carbocycles. The minimum atomic E-state index is -0.0987. The molecule has 0 spiro atoms. The zero-order valence-corrected chi connectivity index (χ0v) is 14.6. The lowest BCUT2D eigenvalue weighted by atomic mass is 10.2. The molecule has 4 rings (SSSR count). The quantitative estimate of drug-likeness (QED) is 0.583. The second-order valence-corrected chi connectivity index (χ2v) is 6.22. The van der Waals surface area contributed by atoms with E-state index in [2.05, 4.69) is 15.4 Å². The van der Waals surface area contributed by atoms with Crippen molar-refractivity contribution in [2.24, 2.45) is 0 Å². The van der Waals surface area contributed by atoms with E-state index in [9.17, 15) is 4.79 Å². The molecule has 4 aromatic rings. The number of benzene rings is 2. The molecule has 0 aliphatic carbocycles. The van der Waals surface area contributed by atoms with Gasteiger partial charge in [0.25, 0.3) is 0 Å². The first kappa shape index (κ1) is 16.4. The molecule has 0 aliphatic rings. The standard InChI is InChI=1S/C19H16ClN5O/c20-14-5-3-7-16(19(14)25-11-4-10-22-25)23-18(26)9-12-24-13-21-15-6-1-2-8-17(15)24/h1-8,10-11,13H,9,12H2,(H,23,26). The molecule has 0 radical (unpaired) electrons. The summed E-state index contributed by atoms with van der Waals surface area (Å²) in [6.07, 6.45) is 5.53. The Kier molecular flexibility index (Phi) is 4.41. The summed E-state index contributed by atoms with van der Waals surface area (Å²) in [7, 11) is 0. The van der Waals surface area contributed by atoms with Gasteiger partial charge >= 0.3 is 0 Å². The fourth-order valence-electron chi connectivity index (χ4n) is 2.87. The van der Waals surface area contributed by atoms with Crippen LogP contribution < -0.4 is 5.32 Å². The van der Waals surface area contributed by atoms with Gasteiger partial charge in [-0.1, -0.05) is 29.8 Å². The number of nitrogens with one attached hydrogen (secondary N) is 1. The van der Waals surface area contributed by atoms with Crippen molar-refractivity contribution in [1.82, 2.24) is 19.3 Å². The average Bonchev–Trinajstić information content (AvgIpc) is 3.30. The van der Waals surface area contributed by atoms with E-state index < -0.39 is 0 Å². The summed E-state index contributed by atoms with van der Waals surface area (Å²) in [5.74, 6) is -0.0987. The number of hydrogen-bond donors (Lipinski definition) is 1. The molecule has 130 valence electrons. The minimum absolute atomic E-state index is 0.0987. The lowest BCUT2D eigenvalue weighted by Crippen LogP contribution is -2.16. The number of hydrogen-bond acceptors (Lipinski definition) is 3. The Morgan fingerprint density at radius 1 is 1.12 bits per heavy atom. The summed E-state index contributed by atoms with van der Waals surface area (Å²) in [4.78, 5) is 16.8. The molecule has 0 aliphatic heterocycles. The van der Waals surface area contributed by atoms with Gasteiger partial charge in [-0.2, -0.15) is 5.10 Å². The number of fused-ring (bicyclic) bond motifs is 1. The lowest BCUT2D eigenvalue weighted by molar-refractivity contribution is -0.116. The molecule has 7 heteroatoms. The average molecular weight is 366 g/mol. The predicted molar refractivity (Wildman–Crippen MR) is 102 cm³/mol. The monoisotopic (exact) mass is 365 g/mol. The first-order valence-corrected chi connectivity index (χ1v) is 8.58. The van der Waals surface area contributed by atoms with Gasteiger partial charge < -0.3 is 9.88 Å². The Hall–Kier alpha value is -3.12. The summed E-state index contributed by atoms with van der Waals surface area (Å²) in [6.45, 7) is 0.546. The molecule has 0 unspecified atom stereocenters. The molecule has 1 N–H and O–H groups in total. The Balaban J connectivity index is 1.50. The maximum atomic E-state index is 12.5. The van der Waals surface area contributed by atoms with Crippen LogP contribution in [0.1, 0.15) is 6.42 Å². The van der Waals surface area contributed by atoms with Crippen LogP contribution >= 0.6 is 11.6 Å². The van der Waals surface area contributed by atoms with Gasteiger partial charge in [0.2, 0.25) is 5.91 Å². The van der Waals surface area contributed by atoms with Gasteiger partial charge in [0.15, 0.2) is 0 Å². The Bertz CT molecular complexity index is 1050. The zero-order valence-electron chi connectivity index (χ0n) is 13.8. The number of aryl methyl sites for hydroxylation is 1. The second kappa shape index (κ2) is 7.01. The van der Waals surface area contributed by atoms with Crippen LogP contribution in [-0.4, -0.2) is 25.2 Å². The highest BCUT2D eigenvalue weighted by atomic mass is 35.5. The van der Waals surface area contributed by atoms with Crippen LogP contribution in [0.4, 0.5) is 5.69 Å². The van der Waals surface area contributed by atoms with E-state index in [0.29, 0.717) is 29.4 Å². The number of para-hydroxylation sites is 3. The molecular weight excluding hydrogens is 350 g/mol. The summed E-state index contributed by atoms with van der Waals surface area (Å²) in [5.41, 5.74) is 3.21. The molecule has 2 heterocycles. The molecule has 0 saturated carbocycles. The molecule has 6 nitrogen and oxygen atoms in total. The maximum absolute atomic E-state index is 12.5. The van der Waals surface area contributed by atoms with Gasteiger partial charge in [0, 0.05) is 25.4 Å². The molecule has 0 atom stereocenters. The van der Waals surface area contributed by atoms with Crippen molar-refractivity contribution in [2.75, 3.05) is 5.32 Å².